The minimum Gasteiger partial charge on any atom is -0.508 e. The highest BCUT2D eigenvalue weighted by Gasteiger charge is 2.00. The Hall–Kier alpha value is -0.670. The lowest BCUT2D eigenvalue weighted by Gasteiger charge is -2.06. The van der Waals surface area contributed by atoms with Gasteiger partial charge in [-0.25, -0.2) is 0 Å². The Balaban J connectivity index is 2.28. The molecule has 0 aliphatic carbocycles. The smallest absolute Gasteiger partial charge is 0.115 e. The molecule has 0 amide bonds. The molecule has 0 aliphatic rings. The Morgan fingerprint density at radius 1 is 1.29 bits per heavy atom. The Kier molecular flexibility index (Phi) is 4.84. The number of phenols is 1. The standard InChI is InChI=1S/C11H16O2S/c1-2-9(12)7-8-14-11-5-3-10(13)4-6-11/h3-6,9,12-13H,2,7-8H2,1H3. The fraction of sp³-hybridized carbons (Fsp3) is 0.455. The van der Waals surface area contributed by atoms with Crippen LogP contribution in [0.15, 0.2) is 29.2 Å². The van der Waals surface area contributed by atoms with Crippen LogP contribution in [0.1, 0.15) is 19.8 Å². The van der Waals surface area contributed by atoms with Gasteiger partial charge < -0.3 is 10.2 Å². The summed E-state index contributed by atoms with van der Waals surface area (Å²) in [6, 6.07) is 7.13. The van der Waals surface area contributed by atoms with Crippen LogP contribution in [0.5, 0.6) is 5.75 Å². The van der Waals surface area contributed by atoms with E-state index in [1.807, 2.05) is 19.1 Å². The molecule has 0 heterocycles. The van der Waals surface area contributed by atoms with Gasteiger partial charge in [0.05, 0.1) is 6.10 Å². The van der Waals surface area contributed by atoms with Crippen molar-refractivity contribution in [2.75, 3.05) is 5.75 Å². The number of aromatic hydroxyl groups is 1. The van der Waals surface area contributed by atoms with Gasteiger partial charge in [-0.2, -0.15) is 0 Å². The number of phenolic OH excluding ortho intramolecular Hbond substituents is 1. The van der Waals surface area contributed by atoms with E-state index < -0.39 is 0 Å². The summed E-state index contributed by atoms with van der Waals surface area (Å²) in [5.74, 6) is 1.21. The third-order valence-corrected chi connectivity index (χ3v) is 3.07. The first-order chi connectivity index (χ1) is 6.72. The van der Waals surface area contributed by atoms with Gasteiger partial charge in [0.15, 0.2) is 0 Å². The molecule has 0 aliphatic heterocycles. The number of aliphatic hydroxyl groups excluding tert-OH is 1. The van der Waals surface area contributed by atoms with E-state index in [4.69, 9.17) is 5.11 Å². The van der Waals surface area contributed by atoms with Crippen LogP contribution in [0.2, 0.25) is 0 Å². The van der Waals surface area contributed by atoms with E-state index >= 15 is 0 Å². The van der Waals surface area contributed by atoms with Gasteiger partial charge in [-0.3, -0.25) is 0 Å². The first-order valence-corrected chi connectivity index (χ1v) is 5.81. The molecule has 1 unspecified atom stereocenters. The zero-order valence-electron chi connectivity index (χ0n) is 8.31. The van der Waals surface area contributed by atoms with Crippen LogP contribution in [0.25, 0.3) is 0 Å². The predicted molar refractivity (Wildman–Crippen MR) is 59.7 cm³/mol. The Morgan fingerprint density at radius 3 is 2.50 bits per heavy atom. The predicted octanol–water partition coefficient (Wildman–Crippen LogP) is 2.65. The van der Waals surface area contributed by atoms with E-state index in [9.17, 15) is 5.11 Å². The van der Waals surface area contributed by atoms with Crippen LogP contribution < -0.4 is 0 Å². The molecule has 0 aromatic heterocycles. The number of benzene rings is 1. The van der Waals surface area contributed by atoms with Gasteiger partial charge >= 0.3 is 0 Å². The summed E-state index contributed by atoms with van der Waals surface area (Å²) in [6.07, 6.45) is 1.46. The van der Waals surface area contributed by atoms with Crippen LogP contribution in [0.3, 0.4) is 0 Å². The Bertz CT molecular complexity index is 258. The fourth-order valence-corrected chi connectivity index (χ4v) is 2.01. The molecule has 3 heteroatoms. The van der Waals surface area contributed by atoms with Crippen LogP contribution >= 0.6 is 11.8 Å². The van der Waals surface area contributed by atoms with Gasteiger partial charge in [0.25, 0.3) is 0 Å². The first kappa shape index (κ1) is 11.4. The summed E-state index contributed by atoms with van der Waals surface area (Å²) >= 11 is 1.70. The van der Waals surface area contributed by atoms with Crippen molar-refractivity contribution < 1.29 is 10.2 Å². The van der Waals surface area contributed by atoms with E-state index in [2.05, 4.69) is 0 Å². The summed E-state index contributed by atoms with van der Waals surface area (Å²) in [5, 5.41) is 18.4. The van der Waals surface area contributed by atoms with E-state index in [0.29, 0.717) is 5.75 Å². The lowest BCUT2D eigenvalue weighted by molar-refractivity contribution is 0.167. The van der Waals surface area contributed by atoms with E-state index in [1.165, 1.54) is 0 Å². The number of hydrogen-bond donors (Lipinski definition) is 2. The molecule has 78 valence electrons. The van der Waals surface area contributed by atoms with Gasteiger partial charge in [0, 0.05) is 10.6 Å². The molecule has 0 fully saturated rings. The van der Waals surface area contributed by atoms with Gasteiger partial charge in [-0.15, -0.1) is 11.8 Å². The lowest BCUT2D eigenvalue weighted by atomic mass is 10.2. The molecular weight excluding hydrogens is 196 g/mol. The molecule has 14 heavy (non-hydrogen) atoms. The quantitative estimate of drug-likeness (QED) is 0.737. The molecule has 1 atom stereocenters. The average molecular weight is 212 g/mol. The normalized spacial score (nSPS) is 12.7. The molecule has 1 aromatic rings. The van der Waals surface area contributed by atoms with Crippen LogP contribution in [0, 0.1) is 0 Å². The van der Waals surface area contributed by atoms with Crippen LogP contribution in [-0.2, 0) is 0 Å². The molecule has 0 saturated carbocycles. The number of hydrogen-bond acceptors (Lipinski definition) is 3. The van der Waals surface area contributed by atoms with Crippen molar-refractivity contribution in [2.24, 2.45) is 0 Å². The maximum atomic E-state index is 9.33. The monoisotopic (exact) mass is 212 g/mol. The average Bonchev–Trinajstić information content (AvgIpc) is 2.21. The van der Waals surface area contributed by atoms with Crippen LogP contribution in [0.4, 0.5) is 0 Å². The summed E-state index contributed by atoms with van der Waals surface area (Å²) in [5.41, 5.74) is 0. The summed E-state index contributed by atoms with van der Waals surface area (Å²) in [4.78, 5) is 1.13. The van der Waals surface area contributed by atoms with Gasteiger partial charge in [0.2, 0.25) is 0 Å². The number of aliphatic hydroxyl groups is 1. The molecule has 1 aromatic carbocycles. The zero-order chi connectivity index (χ0) is 10.4. The van der Waals surface area contributed by atoms with Crippen molar-refractivity contribution in [3.63, 3.8) is 0 Å². The van der Waals surface area contributed by atoms with Gasteiger partial charge in [-0.1, -0.05) is 6.92 Å². The second kappa shape index (κ2) is 5.94. The van der Waals surface area contributed by atoms with E-state index in [1.54, 1.807) is 23.9 Å². The Labute approximate surface area is 89.0 Å². The third kappa shape index (κ3) is 4.03. The maximum absolute atomic E-state index is 9.33. The molecule has 0 saturated heterocycles. The van der Waals surface area contributed by atoms with Crippen molar-refractivity contribution in [3.8, 4) is 5.75 Å². The topological polar surface area (TPSA) is 40.5 Å². The maximum Gasteiger partial charge on any atom is 0.115 e. The van der Waals surface area contributed by atoms with Crippen molar-refractivity contribution in [3.05, 3.63) is 24.3 Å². The van der Waals surface area contributed by atoms with Crippen molar-refractivity contribution in [1.82, 2.24) is 0 Å². The molecule has 2 nitrogen and oxygen atoms in total. The highest BCUT2D eigenvalue weighted by Crippen LogP contribution is 2.21. The van der Waals surface area contributed by atoms with Gasteiger partial charge in [-0.05, 0) is 37.1 Å². The summed E-state index contributed by atoms with van der Waals surface area (Å²) in [6.45, 7) is 1.98. The van der Waals surface area contributed by atoms with Crippen molar-refractivity contribution in [1.29, 1.82) is 0 Å². The minimum absolute atomic E-state index is 0.181. The highest BCUT2D eigenvalue weighted by molar-refractivity contribution is 7.99. The molecule has 0 radical (unpaired) electrons. The summed E-state index contributed by atoms with van der Waals surface area (Å²) in [7, 11) is 0. The second-order valence-corrected chi connectivity index (χ2v) is 4.36. The Morgan fingerprint density at radius 2 is 1.93 bits per heavy atom. The largest absolute Gasteiger partial charge is 0.508 e. The lowest BCUT2D eigenvalue weighted by Crippen LogP contribution is -2.04. The van der Waals surface area contributed by atoms with Crippen LogP contribution in [-0.4, -0.2) is 22.1 Å². The number of thioether (sulfide) groups is 1. The first-order valence-electron chi connectivity index (χ1n) is 4.82. The van der Waals surface area contributed by atoms with Crippen molar-refractivity contribution in [2.45, 2.75) is 30.8 Å². The third-order valence-electron chi connectivity index (χ3n) is 2.03. The molecule has 0 bridgehead atoms. The van der Waals surface area contributed by atoms with E-state index in [0.717, 1.165) is 23.5 Å². The minimum atomic E-state index is -0.181. The van der Waals surface area contributed by atoms with Gasteiger partial charge in [0.1, 0.15) is 5.75 Å². The second-order valence-electron chi connectivity index (χ2n) is 3.19. The number of rotatable bonds is 5. The molecular formula is C11H16O2S. The zero-order valence-corrected chi connectivity index (χ0v) is 9.13. The molecule has 1 rings (SSSR count). The SMILES string of the molecule is CCC(O)CCSc1ccc(O)cc1. The van der Waals surface area contributed by atoms with Crippen molar-refractivity contribution >= 4 is 11.8 Å². The fourth-order valence-electron chi connectivity index (χ4n) is 1.06. The highest BCUT2D eigenvalue weighted by atomic mass is 32.2. The van der Waals surface area contributed by atoms with E-state index in [-0.39, 0.29) is 6.10 Å². The molecule has 2 N–H and O–H groups in total. The summed E-state index contributed by atoms with van der Waals surface area (Å²) < 4.78 is 0. The molecule has 0 spiro atoms.